The van der Waals surface area contributed by atoms with Crippen LogP contribution in [-0.4, -0.2) is 23.6 Å². The number of imidazole rings is 1. The molecule has 2 N–H and O–H groups in total. The number of aromatic amines is 1. The maximum atomic E-state index is 4.64. The minimum Gasteiger partial charge on any atom is -0.346 e. The van der Waals surface area contributed by atoms with Crippen LogP contribution in [0.4, 0.5) is 0 Å². The number of nitrogens with zero attached hydrogens (tertiary/aromatic N) is 1. The predicted molar refractivity (Wildman–Crippen MR) is 74.1 cm³/mol. The van der Waals surface area contributed by atoms with E-state index < -0.39 is 0 Å². The minimum absolute atomic E-state index is 0.922. The van der Waals surface area contributed by atoms with Gasteiger partial charge in [-0.25, -0.2) is 4.98 Å². The van der Waals surface area contributed by atoms with E-state index in [1.54, 1.807) is 0 Å². The van der Waals surface area contributed by atoms with Crippen molar-refractivity contribution >= 4 is 15.9 Å². The molecule has 0 aliphatic heterocycles. The number of aryl methyl sites for hydroxylation is 1. The van der Waals surface area contributed by atoms with Crippen molar-refractivity contribution in [2.45, 2.75) is 13.3 Å². The zero-order valence-electron chi connectivity index (χ0n) is 10.0. The third kappa shape index (κ3) is 2.96. The molecule has 0 atom stereocenters. The summed E-state index contributed by atoms with van der Waals surface area (Å²) in [7, 11) is 1.95. The summed E-state index contributed by atoms with van der Waals surface area (Å²) in [5, 5.41) is 3.13. The highest BCUT2D eigenvalue weighted by molar-refractivity contribution is 9.10. The van der Waals surface area contributed by atoms with Crippen LogP contribution in [0.25, 0.3) is 11.3 Å². The van der Waals surface area contributed by atoms with Crippen LogP contribution in [0.15, 0.2) is 28.7 Å². The third-order valence-corrected chi connectivity index (χ3v) is 3.14. The molecular formula is C13H16BrN3. The van der Waals surface area contributed by atoms with E-state index >= 15 is 0 Å². The van der Waals surface area contributed by atoms with Gasteiger partial charge in [0.1, 0.15) is 5.82 Å². The zero-order valence-corrected chi connectivity index (χ0v) is 11.6. The lowest BCUT2D eigenvalue weighted by Crippen LogP contribution is -2.11. The lowest BCUT2D eigenvalue weighted by Gasteiger charge is -1.98. The molecule has 0 saturated carbocycles. The van der Waals surface area contributed by atoms with Crippen molar-refractivity contribution in [3.05, 3.63) is 40.3 Å². The predicted octanol–water partition coefficient (Wildman–Crippen LogP) is 2.91. The van der Waals surface area contributed by atoms with Crippen molar-refractivity contribution in [3.8, 4) is 11.3 Å². The van der Waals surface area contributed by atoms with E-state index in [4.69, 9.17) is 0 Å². The Morgan fingerprint density at radius 2 is 2.24 bits per heavy atom. The molecule has 0 fully saturated rings. The number of benzene rings is 1. The SMILES string of the molecule is CNCCc1nc(-c2cccc(Br)c2)c(C)[nH]1. The number of hydrogen-bond acceptors (Lipinski definition) is 2. The molecule has 0 bridgehead atoms. The van der Waals surface area contributed by atoms with E-state index in [0.29, 0.717) is 0 Å². The number of hydrogen-bond donors (Lipinski definition) is 2. The van der Waals surface area contributed by atoms with Crippen molar-refractivity contribution < 1.29 is 0 Å². The molecule has 17 heavy (non-hydrogen) atoms. The molecule has 0 saturated heterocycles. The number of likely N-dealkylation sites (N-methyl/N-ethyl adjacent to an activating group) is 1. The average Bonchev–Trinajstić information content (AvgIpc) is 2.68. The summed E-state index contributed by atoms with van der Waals surface area (Å²) in [6.07, 6.45) is 0.922. The van der Waals surface area contributed by atoms with Gasteiger partial charge < -0.3 is 10.3 Å². The van der Waals surface area contributed by atoms with Crippen LogP contribution >= 0.6 is 15.9 Å². The molecule has 1 heterocycles. The average molecular weight is 294 g/mol. The first kappa shape index (κ1) is 12.3. The van der Waals surface area contributed by atoms with Crippen molar-refractivity contribution in [3.63, 3.8) is 0 Å². The van der Waals surface area contributed by atoms with Gasteiger partial charge in [-0.3, -0.25) is 0 Å². The molecule has 0 radical (unpaired) electrons. The Labute approximate surface area is 110 Å². The molecule has 2 aromatic rings. The minimum atomic E-state index is 0.922. The van der Waals surface area contributed by atoms with Crippen LogP contribution in [-0.2, 0) is 6.42 Å². The third-order valence-electron chi connectivity index (χ3n) is 2.64. The lowest BCUT2D eigenvalue weighted by molar-refractivity contribution is 0.763. The van der Waals surface area contributed by atoms with Crippen LogP contribution in [0.3, 0.4) is 0 Å². The van der Waals surface area contributed by atoms with Crippen LogP contribution in [0, 0.1) is 6.92 Å². The maximum Gasteiger partial charge on any atom is 0.108 e. The first-order valence-corrected chi connectivity index (χ1v) is 6.46. The van der Waals surface area contributed by atoms with Crippen molar-refractivity contribution in [2.24, 2.45) is 0 Å². The molecule has 0 aliphatic carbocycles. The topological polar surface area (TPSA) is 40.7 Å². The first-order valence-electron chi connectivity index (χ1n) is 5.66. The molecule has 1 aromatic carbocycles. The molecule has 2 rings (SSSR count). The second-order valence-electron chi connectivity index (χ2n) is 4.02. The van der Waals surface area contributed by atoms with Crippen LogP contribution < -0.4 is 5.32 Å². The van der Waals surface area contributed by atoms with E-state index in [-0.39, 0.29) is 0 Å². The Kier molecular flexibility index (Phi) is 3.97. The smallest absolute Gasteiger partial charge is 0.108 e. The Morgan fingerprint density at radius 1 is 1.41 bits per heavy atom. The van der Waals surface area contributed by atoms with Gasteiger partial charge in [0.25, 0.3) is 0 Å². The fourth-order valence-electron chi connectivity index (χ4n) is 1.80. The Bertz CT molecular complexity index is 505. The van der Waals surface area contributed by atoms with Gasteiger partial charge in [0.15, 0.2) is 0 Å². The van der Waals surface area contributed by atoms with Gasteiger partial charge in [-0.1, -0.05) is 28.1 Å². The van der Waals surface area contributed by atoms with Gasteiger partial charge in [0.2, 0.25) is 0 Å². The summed E-state index contributed by atoms with van der Waals surface area (Å²) in [4.78, 5) is 7.97. The van der Waals surface area contributed by atoms with Crippen molar-refractivity contribution in [2.75, 3.05) is 13.6 Å². The molecule has 1 aromatic heterocycles. The molecule has 0 aliphatic rings. The second-order valence-corrected chi connectivity index (χ2v) is 4.94. The van der Waals surface area contributed by atoms with E-state index in [0.717, 1.165) is 40.2 Å². The van der Waals surface area contributed by atoms with Gasteiger partial charge in [0, 0.05) is 28.7 Å². The quantitative estimate of drug-likeness (QED) is 0.910. The number of H-pyrrole nitrogens is 1. The fraction of sp³-hybridized carbons (Fsp3) is 0.308. The fourth-order valence-corrected chi connectivity index (χ4v) is 2.20. The Hall–Kier alpha value is -1.13. The molecule has 90 valence electrons. The first-order chi connectivity index (χ1) is 8.20. The highest BCUT2D eigenvalue weighted by Gasteiger charge is 2.08. The molecule has 0 spiro atoms. The van der Waals surface area contributed by atoms with Crippen molar-refractivity contribution in [1.29, 1.82) is 0 Å². The summed E-state index contributed by atoms with van der Waals surface area (Å²) >= 11 is 3.48. The Balaban J connectivity index is 2.29. The van der Waals surface area contributed by atoms with E-state index in [1.165, 1.54) is 0 Å². The summed E-state index contributed by atoms with van der Waals surface area (Å²) in [6.45, 7) is 3.00. The van der Waals surface area contributed by atoms with Gasteiger partial charge in [-0.05, 0) is 26.1 Å². The van der Waals surface area contributed by atoms with Crippen molar-refractivity contribution in [1.82, 2.24) is 15.3 Å². The van der Waals surface area contributed by atoms with Crippen LogP contribution in [0.1, 0.15) is 11.5 Å². The van der Waals surface area contributed by atoms with Crippen LogP contribution in [0.5, 0.6) is 0 Å². The van der Waals surface area contributed by atoms with E-state index in [2.05, 4.69) is 50.3 Å². The summed E-state index contributed by atoms with van der Waals surface area (Å²) < 4.78 is 1.08. The number of aromatic nitrogens is 2. The molecule has 0 unspecified atom stereocenters. The Morgan fingerprint density at radius 3 is 2.94 bits per heavy atom. The standard InChI is InChI=1S/C13H16BrN3/c1-9-13(10-4-3-5-11(14)8-10)17-12(16-9)6-7-15-2/h3-5,8,15H,6-7H2,1-2H3,(H,16,17). The van der Waals surface area contributed by atoms with Gasteiger partial charge >= 0.3 is 0 Å². The number of halogens is 1. The highest BCUT2D eigenvalue weighted by Crippen LogP contribution is 2.24. The largest absolute Gasteiger partial charge is 0.346 e. The van der Waals surface area contributed by atoms with Gasteiger partial charge in [0.05, 0.1) is 5.69 Å². The number of nitrogens with one attached hydrogen (secondary N) is 2. The maximum absolute atomic E-state index is 4.64. The molecule has 0 amide bonds. The monoisotopic (exact) mass is 293 g/mol. The van der Waals surface area contributed by atoms with Gasteiger partial charge in [-0.2, -0.15) is 0 Å². The normalized spacial score (nSPS) is 10.8. The second kappa shape index (κ2) is 5.47. The zero-order chi connectivity index (χ0) is 12.3. The summed E-state index contributed by atoms with van der Waals surface area (Å²) in [6, 6.07) is 8.22. The molecule has 3 nitrogen and oxygen atoms in total. The highest BCUT2D eigenvalue weighted by atomic mass is 79.9. The molecular weight excluding hydrogens is 278 g/mol. The molecule has 4 heteroatoms. The lowest BCUT2D eigenvalue weighted by atomic mass is 10.1. The number of rotatable bonds is 4. The van der Waals surface area contributed by atoms with Gasteiger partial charge in [-0.15, -0.1) is 0 Å². The summed E-state index contributed by atoms with van der Waals surface area (Å²) in [5.74, 6) is 1.03. The van der Waals surface area contributed by atoms with Crippen LogP contribution in [0.2, 0.25) is 0 Å². The van der Waals surface area contributed by atoms with E-state index in [9.17, 15) is 0 Å². The van der Waals surface area contributed by atoms with E-state index in [1.807, 2.05) is 19.2 Å². The summed E-state index contributed by atoms with van der Waals surface area (Å²) in [5.41, 5.74) is 3.30.